The van der Waals surface area contributed by atoms with E-state index in [0.717, 1.165) is 5.56 Å². The van der Waals surface area contributed by atoms with Crippen LogP contribution in [0.15, 0.2) is 29.2 Å². The number of hydrogen-bond donors (Lipinski definition) is 1. The van der Waals surface area contributed by atoms with Crippen LogP contribution in [0.1, 0.15) is 31.4 Å². The van der Waals surface area contributed by atoms with E-state index in [2.05, 4.69) is 5.32 Å². The summed E-state index contributed by atoms with van der Waals surface area (Å²) in [5.74, 6) is -0.0967. The van der Waals surface area contributed by atoms with E-state index in [0.29, 0.717) is 25.9 Å². The van der Waals surface area contributed by atoms with Crippen LogP contribution in [0.5, 0.6) is 0 Å². The Labute approximate surface area is 142 Å². The molecule has 0 radical (unpaired) electrons. The molecule has 1 fully saturated rings. The maximum Gasteiger partial charge on any atom is 0.223 e. The highest BCUT2D eigenvalue weighted by atomic mass is 32.2. The molecular weight excluding hydrogens is 332 g/mol. The van der Waals surface area contributed by atoms with Gasteiger partial charge in [-0.3, -0.25) is 4.79 Å². The topological polar surface area (TPSA) is 66.5 Å². The fourth-order valence-electron chi connectivity index (χ4n) is 2.76. The normalized spacial score (nSPS) is 18.6. The van der Waals surface area contributed by atoms with Gasteiger partial charge in [0, 0.05) is 23.9 Å². The number of hydrogen-bond acceptors (Lipinski definition) is 4. The van der Waals surface area contributed by atoms with Gasteiger partial charge in [0.1, 0.15) is 0 Å². The zero-order valence-corrected chi connectivity index (χ0v) is 15.4. The van der Waals surface area contributed by atoms with Crippen molar-refractivity contribution in [3.8, 4) is 0 Å². The van der Waals surface area contributed by atoms with Gasteiger partial charge in [-0.15, -0.1) is 11.8 Å². The monoisotopic (exact) mass is 356 g/mol. The lowest BCUT2D eigenvalue weighted by Gasteiger charge is -2.30. The number of nitrogens with one attached hydrogen (secondary N) is 1. The predicted octanol–water partition coefficient (Wildman–Crippen LogP) is 2.26. The van der Waals surface area contributed by atoms with Gasteiger partial charge in [0.05, 0.1) is 12.3 Å². The van der Waals surface area contributed by atoms with E-state index >= 15 is 0 Å². The van der Waals surface area contributed by atoms with E-state index in [9.17, 15) is 13.2 Å². The second-order valence-corrected chi connectivity index (χ2v) is 8.80. The number of benzene rings is 1. The minimum absolute atomic E-state index is 0.0135. The van der Waals surface area contributed by atoms with E-state index in [-0.39, 0.29) is 17.9 Å². The second kappa shape index (κ2) is 7.68. The fourth-order valence-corrected chi connectivity index (χ4v) is 4.04. The molecule has 23 heavy (non-hydrogen) atoms. The standard InChI is InChI=1S/C16H24N2O3S2/c1-12(13-4-6-15(22-2)7-5-13)17-16(19)14-8-10-18(11-9-14)23(3,20)21/h4-7,12,14H,8-11H2,1-3H3,(H,17,19)/t12-/m1/s1. The first-order valence-electron chi connectivity index (χ1n) is 7.70. The molecule has 1 atom stereocenters. The first-order valence-corrected chi connectivity index (χ1v) is 10.8. The summed E-state index contributed by atoms with van der Waals surface area (Å²) in [4.78, 5) is 13.6. The van der Waals surface area contributed by atoms with Gasteiger partial charge in [0.15, 0.2) is 0 Å². The molecule has 1 heterocycles. The summed E-state index contributed by atoms with van der Waals surface area (Å²) in [6, 6.07) is 8.11. The van der Waals surface area contributed by atoms with Crippen molar-refractivity contribution in [1.82, 2.24) is 9.62 Å². The molecule has 0 aliphatic carbocycles. The molecule has 0 bridgehead atoms. The van der Waals surface area contributed by atoms with Gasteiger partial charge < -0.3 is 5.32 Å². The van der Waals surface area contributed by atoms with E-state index in [1.54, 1.807) is 11.8 Å². The summed E-state index contributed by atoms with van der Waals surface area (Å²) in [5.41, 5.74) is 1.07. The highest BCUT2D eigenvalue weighted by Crippen LogP contribution is 2.22. The van der Waals surface area contributed by atoms with Crippen LogP contribution in [0.4, 0.5) is 0 Å². The molecule has 1 N–H and O–H groups in total. The predicted molar refractivity (Wildman–Crippen MR) is 93.9 cm³/mol. The quantitative estimate of drug-likeness (QED) is 0.822. The maximum atomic E-state index is 12.4. The molecule has 0 saturated carbocycles. The van der Waals surface area contributed by atoms with Crippen molar-refractivity contribution < 1.29 is 13.2 Å². The first-order chi connectivity index (χ1) is 10.8. The Morgan fingerprint density at radius 1 is 1.26 bits per heavy atom. The zero-order chi connectivity index (χ0) is 17.0. The molecule has 0 spiro atoms. The number of nitrogens with zero attached hydrogens (tertiary/aromatic N) is 1. The van der Waals surface area contributed by atoms with E-state index in [1.807, 2.05) is 37.4 Å². The minimum Gasteiger partial charge on any atom is -0.349 e. The Morgan fingerprint density at radius 3 is 2.30 bits per heavy atom. The van der Waals surface area contributed by atoms with Crippen LogP contribution in [-0.4, -0.2) is 44.2 Å². The van der Waals surface area contributed by atoms with Gasteiger partial charge in [-0.1, -0.05) is 12.1 Å². The lowest BCUT2D eigenvalue weighted by molar-refractivity contribution is -0.126. The third-order valence-corrected chi connectivity index (χ3v) is 6.32. The van der Waals surface area contributed by atoms with Crippen molar-refractivity contribution in [2.45, 2.75) is 30.7 Å². The summed E-state index contributed by atoms with van der Waals surface area (Å²) in [6.07, 6.45) is 4.41. The SMILES string of the molecule is CSc1ccc([C@@H](C)NC(=O)C2CCN(S(C)(=O)=O)CC2)cc1. The van der Waals surface area contributed by atoms with Crippen LogP contribution in [-0.2, 0) is 14.8 Å². The molecule has 1 aromatic carbocycles. The Bertz CT molecular complexity index is 636. The molecule has 2 rings (SSSR count). The molecule has 5 nitrogen and oxygen atoms in total. The number of rotatable bonds is 5. The van der Waals surface area contributed by atoms with E-state index in [4.69, 9.17) is 0 Å². The maximum absolute atomic E-state index is 12.4. The minimum atomic E-state index is -3.15. The Balaban J connectivity index is 1.89. The molecule has 0 aromatic heterocycles. The summed E-state index contributed by atoms with van der Waals surface area (Å²) in [7, 11) is -3.15. The Kier molecular flexibility index (Phi) is 6.11. The number of carbonyl (C=O) groups is 1. The number of carbonyl (C=O) groups excluding carboxylic acids is 1. The highest BCUT2D eigenvalue weighted by molar-refractivity contribution is 7.98. The van der Waals surface area contributed by atoms with Crippen LogP contribution in [0, 0.1) is 5.92 Å². The average Bonchev–Trinajstić information content (AvgIpc) is 2.54. The Hall–Kier alpha value is -1.05. The van der Waals surface area contributed by atoms with Crippen LogP contribution >= 0.6 is 11.8 Å². The summed E-state index contributed by atoms with van der Waals surface area (Å²) >= 11 is 1.69. The van der Waals surface area contributed by atoms with Crippen LogP contribution < -0.4 is 5.32 Å². The number of sulfonamides is 1. The highest BCUT2D eigenvalue weighted by Gasteiger charge is 2.29. The van der Waals surface area contributed by atoms with Gasteiger partial charge in [0.25, 0.3) is 0 Å². The third-order valence-electron chi connectivity index (χ3n) is 4.27. The molecule has 1 aromatic rings. The van der Waals surface area contributed by atoms with Gasteiger partial charge in [-0.2, -0.15) is 0 Å². The largest absolute Gasteiger partial charge is 0.349 e. The molecule has 1 aliphatic rings. The second-order valence-electron chi connectivity index (χ2n) is 5.94. The molecule has 7 heteroatoms. The first kappa shape index (κ1) is 18.3. The van der Waals surface area contributed by atoms with Gasteiger partial charge in [0.2, 0.25) is 15.9 Å². The van der Waals surface area contributed by atoms with Crippen molar-refractivity contribution >= 4 is 27.7 Å². The van der Waals surface area contributed by atoms with Gasteiger partial charge in [-0.25, -0.2) is 12.7 Å². The van der Waals surface area contributed by atoms with Gasteiger partial charge >= 0.3 is 0 Å². The number of piperidine rings is 1. The number of amides is 1. The van der Waals surface area contributed by atoms with E-state index < -0.39 is 10.0 Å². The Morgan fingerprint density at radius 2 is 1.83 bits per heavy atom. The lowest BCUT2D eigenvalue weighted by atomic mass is 9.96. The summed E-state index contributed by atoms with van der Waals surface area (Å²) < 4.78 is 24.4. The van der Waals surface area contributed by atoms with Crippen LogP contribution in [0.3, 0.4) is 0 Å². The molecule has 1 amide bonds. The number of thioether (sulfide) groups is 1. The van der Waals surface area contributed by atoms with Crippen molar-refractivity contribution in [2.24, 2.45) is 5.92 Å². The summed E-state index contributed by atoms with van der Waals surface area (Å²) in [6.45, 7) is 2.82. The average molecular weight is 357 g/mol. The summed E-state index contributed by atoms with van der Waals surface area (Å²) in [5, 5.41) is 3.04. The van der Waals surface area contributed by atoms with Crippen molar-refractivity contribution in [2.75, 3.05) is 25.6 Å². The van der Waals surface area contributed by atoms with E-state index in [1.165, 1.54) is 15.5 Å². The van der Waals surface area contributed by atoms with Crippen molar-refractivity contribution in [3.05, 3.63) is 29.8 Å². The third kappa shape index (κ3) is 4.96. The molecule has 0 unspecified atom stereocenters. The molecular formula is C16H24N2O3S2. The van der Waals surface area contributed by atoms with Crippen molar-refractivity contribution in [1.29, 1.82) is 0 Å². The fraction of sp³-hybridized carbons (Fsp3) is 0.562. The smallest absolute Gasteiger partial charge is 0.223 e. The van der Waals surface area contributed by atoms with Crippen LogP contribution in [0.2, 0.25) is 0 Å². The molecule has 128 valence electrons. The van der Waals surface area contributed by atoms with Crippen LogP contribution in [0.25, 0.3) is 0 Å². The zero-order valence-electron chi connectivity index (χ0n) is 13.8. The lowest BCUT2D eigenvalue weighted by Crippen LogP contribution is -2.43. The molecule has 1 aliphatic heterocycles. The van der Waals surface area contributed by atoms with Crippen molar-refractivity contribution in [3.63, 3.8) is 0 Å². The molecule has 1 saturated heterocycles. The van der Waals surface area contributed by atoms with Gasteiger partial charge in [-0.05, 0) is 43.7 Å².